The molecule has 1 heterocycles. The van der Waals surface area contributed by atoms with Gasteiger partial charge in [-0.05, 0) is 24.4 Å². The van der Waals surface area contributed by atoms with E-state index in [9.17, 15) is 4.79 Å². The van der Waals surface area contributed by atoms with Crippen molar-refractivity contribution in [1.82, 2.24) is 10.2 Å². The number of aromatic amines is 1. The average Bonchev–Trinajstić information content (AvgIpc) is 2.86. The molecule has 2 N–H and O–H groups in total. The van der Waals surface area contributed by atoms with Crippen LogP contribution in [-0.4, -0.2) is 16.1 Å². The monoisotopic (exact) mass is 251 g/mol. The number of amides is 1. The molecule has 3 aromatic rings. The van der Waals surface area contributed by atoms with E-state index in [2.05, 4.69) is 15.5 Å². The molecule has 4 nitrogen and oxygen atoms in total. The Morgan fingerprint density at radius 1 is 1.16 bits per heavy atom. The first kappa shape index (κ1) is 11.5. The second-order valence-electron chi connectivity index (χ2n) is 4.42. The molecule has 0 radical (unpaired) electrons. The summed E-state index contributed by atoms with van der Waals surface area (Å²) in [5.41, 5.74) is 2.05. The summed E-state index contributed by atoms with van der Waals surface area (Å²) in [6, 6.07) is 15.5. The van der Waals surface area contributed by atoms with E-state index >= 15 is 0 Å². The number of H-pyrrole nitrogens is 1. The second kappa shape index (κ2) is 4.57. The molecule has 0 saturated heterocycles. The van der Waals surface area contributed by atoms with Gasteiger partial charge in [-0.25, -0.2) is 0 Å². The van der Waals surface area contributed by atoms with Crippen LogP contribution in [0.4, 0.5) is 5.69 Å². The van der Waals surface area contributed by atoms with Gasteiger partial charge in [0.2, 0.25) is 0 Å². The summed E-state index contributed by atoms with van der Waals surface area (Å²) >= 11 is 0. The van der Waals surface area contributed by atoms with Gasteiger partial charge < -0.3 is 5.32 Å². The summed E-state index contributed by atoms with van der Waals surface area (Å²) < 4.78 is 0. The second-order valence-corrected chi connectivity index (χ2v) is 4.42. The Bertz CT molecular complexity index is 740. The minimum atomic E-state index is -0.208. The van der Waals surface area contributed by atoms with Crippen molar-refractivity contribution in [3.05, 3.63) is 59.9 Å². The Kier molecular flexibility index (Phi) is 2.76. The number of aryl methyl sites for hydroxylation is 1. The molecule has 0 bridgehead atoms. The molecule has 1 aromatic heterocycles. The molecule has 0 spiro atoms. The van der Waals surface area contributed by atoms with Gasteiger partial charge >= 0.3 is 0 Å². The summed E-state index contributed by atoms with van der Waals surface area (Å²) in [6.07, 6.45) is 0. The molecule has 0 unspecified atom stereocenters. The Hall–Kier alpha value is -2.62. The molecule has 0 aliphatic heterocycles. The Balaban J connectivity index is 1.95. The summed E-state index contributed by atoms with van der Waals surface area (Å²) in [4.78, 5) is 12.1. The number of nitrogens with one attached hydrogen (secondary N) is 2. The smallest absolute Gasteiger partial charge is 0.276 e. The molecule has 19 heavy (non-hydrogen) atoms. The SMILES string of the molecule is Cc1cc(C(=O)Nc2cccc3ccccc23)n[nH]1. The largest absolute Gasteiger partial charge is 0.320 e. The van der Waals surface area contributed by atoms with Crippen LogP contribution < -0.4 is 5.32 Å². The fraction of sp³-hybridized carbons (Fsp3) is 0.0667. The molecule has 0 fully saturated rings. The number of nitrogens with zero attached hydrogens (tertiary/aromatic N) is 1. The van der Waals surface area contributed by atoms with Crippen LogP contribution in [0.3, 0.4) is 0 Å². The molecular formula is C15H13N3O. The predicted molar refractivity (Wildman–Crippen MR) is 75.2 cm³/mol. The maximum absolute atomic E-state index is 12.1. The standard InChI is InChI=1S/C15H13N3O/c1-10-9-14(18-17-10)15(19)16-13-8-4-6-11-5-2-3-7-12(11)13/h2-9H,1H3,(H,16,19)(H,17,18). The van der Waals surface area contributed by atoms with E-state index in [-0.39, 0.29) is 5.91 Å². The van der Waals surface area contributed by atoms with Crippen molar-refractivity contribution < 1.29 is 4.79 Å². The molecular weight excluding hydrogens is 238 g/mol. The van der Waals surface area contributed by atoms with Gasteiger partial charge in [0, 0.05) is 16.8 Å². The maximum atomic E-state index is 12.1. The molecule has 1 amide bonds. The normalized spacial score (nSPS) is 10.6. The third-order valence-electron chi connectivity index (χ3n) is 2.98. The molecule has 0 saturated carbocycles. The lowest BCUT2D eigenvalue weighted by Crippen LogP contribution is -2.12. The highest BCUT2D eigenvalue weighted by Gasteiger charge is 2.10. The minimum absolute atomic E-state index is 0.208. The summed E-state index contributed by atoms with van der Waals surface area (Å²) in [7, 11) is 0. The summed E-state index contributed by atoms with van der Waals surface area (Å²) in [5.74, 6) is -0.208. The van der Waals surface area contributed by atoms with Crippen molar-refractivity contribution in [1.29, 1.82) is 0 Å². The van der Waals surface area contributed by atoms with Gasteiger partial charge in [-0.15, -0.1) is 0 Å². The Morgan fingerprint density at radius 3 is 2.74 bits per heavy atom. The quantitative estimate of drug-likeness (QED) is 0.735. The van der Waals surface area contributed by atoms with Crippen LogP contribution in [0.5, 0.6) is 0 Å². The van der Waals surface area contributed by atoms with Crippen molar-refractivity contribution in [2.45, 2.75) is 6.92 Å². The van der Waals surface area contributed by atoms with E-state index < -0.39 is 0 Å². The first-order chi connectivity index (χ1) is 9.24. The summed E-state index contributed by atoms with van der Waals surface area (Å²) in [5, 5.41) is 11.7. The molecule has 2 aromatic carbocycles. The van der Waals surface area contributed by atoms with Crippen molar-refractivity contribution >= 4 is 22.4 Å². The third-order valence-corrected chi connectivity index (χ3v) is 2.98. The summed E-state index contributed by atoms with van der Waals surface area (Å²) in [6.45, 7) is 1.86. The fourth-order valence-corrected chi connectivity index (χ4v) is 2.06. The van der Waals surface area contributed by atoms with E-state index in [1.165, 1.54) is 0 Å². The zero-order valence-electron chi connectivity index (χ0n) is 10.5. The van der Waals surface area contributed by atoms with Crippen LogP contribution in [0, 0.1) is 6.92 Å². The minimum Gasteiger partial charge on any atom is -0.320 e. The lowest BCUT2D eigenvalue weighted by atomic mass is 10.1. The molecule has 0 aliphatic rings. The van der Waals surface area contributed by atoms with Gasteiger partial charge in [-0.3, -0.25) is 9.89 Å². The number of carbonyl (C=O) groups excluding carboxylic acids is 1. The molecule has 0 atom stereocenters. The van der Waals surface area contributed by atoms with Crippen LogP contribution in [0.1, 0.15) is 16.2 Å². The highest BCUT2D eigenvalue weighted by atomic mass is 16.1. The van der Waals surface area contributed by atoms with Gasteiger partial charge in [-0.2, -0.15) is 5.10 Å². The van der Waals surface area contributed by atoms with Crippen LogP contribution in [0.2, 0.25) is 0 Å². The number of hydrogen-bond acceptors (Lipinski definition) is 2. The van der Waals surface area contributed by atoms with Gasteiger partial charge in [0.25, 0.3) is 5.91 Å². The van der Waals surface area contributed by atoms with Gasteiger partial charge in [0.05, 0.1) is 0 Å². The van der Waals surface area contributed by atoms with E-state index in [1.54, 1.807) is 6.07 Å². The van der Waals surface area contributed by atoms with E-state index in [0.717, 1.165) is 22.2 Å². The first-order valence-electron chi connectivity index (χ1n) is 6.05. The highest BCUT2D eigenvalue weighted by Crippen LogP contribution is 2.23. The number of aromatic nitrogens is 2. The number of carbonyl (C=O) groups is 1. The van der Waals surface area contributed by atoms with E-state index in [1.807, 2.05) is 49.4 Å². The lowest BCUT2D eigenvalue weighted by Gasteiger charge is -2.07. The van der Waals surface area contributed by atoms with Crippen LogP contribution in [0.15, 0.2) is 48.5 Å². The first-order valence-corrected chi connectivity index (χ1v) is 6.05. The highest BCUT2D eigenvalue weighted by molar-refractivity contribution is 6.08. The van der Waals surface area contributed by atoms with Crippen molar-refractivity contribution in [2.24, 2.45) is 0 Å². The molecule has 0 aliphatic carbocycles. The maximum Gasteiger partial charge on any atom is 0.276 e. The number of anilines is 1. The van der Waals surface area contributed by atoms with Crippen LogP contribution in [-0.2, 0) is 0 Å². The average molecular weight is 251 g/mol. The third kappa shape index (κ3) is 2.20. The zero-order chi connectivity index (χ0) is 13.2. The van der Waals surface area contributed by atoms with Gasteiger partial charge in [0.1, 0.15) is 0 Å². The van der Waals surface area contributed by atoms with Gasteiger partial charge in [0.15, 0.2) is 5.69 Å². The van der Waals surface area contributed by atoms with Crippen LogP contribution in [0.25, 0.3) is 10.8 Å². The fourth-order valence-electron chi connectivity index (χ4n) is 2.06. The van der Waals surface area contributed by atoms with Crippen molar-refractivity contribution in [3.8, 4) is 0 Å². The van der Waals surface area contributed by atoms with E-state index in [0.29, 0.717) is 5.69 Å². The number of hydrogen-bond donors (Lipinski definition) is 2. The predicted octanol–water partition coefficient (Wildman–Crippen LogP) is 3.12. The van der Waals surface area contributed by atoms with Crippen molar-refractivity contribution in [3.63, 3.8) is 0 Å². The number of fused-ring (bicyclic) bond motifs is 1. The van der Waals surface area contributed by atoms with Crippen LogP contribution >= 0.6 is 0 Å². The Labute approximate surface area is 110 Å². The van der Waals surface area contributed by atoms with Crippen molar-refractivity contribution in [2.75, 3.05) is 5.32 Å². The number of rotatable bonds is 2. The lowest BCUT2D eigenvalue weighted by molar-refractivity contribution is 0.102. The molecule has 3 rings (SSSR count). The zero-order valence-corrected chi connectivity index (χ0v) is 10.5. The topological polar surface area (TPSA) is 57.8 Å². The van der Waals surface area contributed by atoms with E-state index in [4.69, 9.17) is 0 Å². The van der Waals surface area contributed by atoms with Gasteiger partial charge in [-0.1, -0.05) is 36.4 Å². The number of benzene rings is 2. The molecule has 4 heteroatoms. The molecule has 94 valence electrons. The Morgan fingerprint density at radius 2 is 1.95 bits per heavy atom.